The van der Waals surface area contributed by atoms with Crippen LogP contribution < -0.4 is 20.1 Å². The van der Waals surface area contributed by atoms with Crippen LogP contribution in [0.2, 0.25) is 0 Å². The Balaban J connectivity index is 0.00000225. The zero-order valence-electron chi connectivity index (χ0n) is 14.2. The number of benzene rings is 2. The predicted octanol–water partition coefficient (Wildman–Crippen LogP) is 3.85. The van der Waals surface area contributed by atoms with Crippen LogP contribution in [0.25, 0.3) is 0 Å². The van der Waals surface area contributed by atoms with Gasteiger partial charge in [0.2, 0.25) is 5.91 Å². The first-order chi connectivity index (χ1) is 11.7. The van der Waals surface area contributed by atoms with Gasteiger partial charge in [-0.15, -0.1) is 12.4 Å². The lowest BCUT2D eigenvalue weighted by molar-refractivity contribution is -0.119. The number of rotatable bonds is 6. The van der Waals surface area contributed by atoms with Crippen LogP contribution in [0.15, 0.2) is 48.5 Å². The maximum atomic E-state index is 12.1. The van der Waals surface area contributed by atoms with Crippen LogP contribution >= 0.6 is 12.4 Å². The molecule has 1 heterocycles. The van der Waals surface area contributed by atoms with Crippen LogP contribution in [-0.2, 0) is 4.79 Å². The molecular weight excluding hydrogens is 340 g/mol. The van der Waals surface area contributed by atoms with E-state index in [1.807, 2.05) is 55.5 Å². The van der Waals surface area contributed by atoms with Gasteiger partial charge in [0, 0.05) is 12.2 Å². The summed E-state index contributed by atoms with van der Waals surface area (Å²) in [6.45, 7) is 4.26. The fraction of sp³-hybridized carbons (Fsp3) is 0.316. The van der Waals surface area contributed by atoms with Crippen molar-refractivity contribution in [1.82, 2.24) is 5.32 Å². The number of ether oxygens (including phenoxy) is 2. The average Bonchev–Trinajstić information content (AvgIpc) is 3.13. The second-order valence-corrected chi connectivity index (χ2v) is 5.71. The summed E-state index contributed by atoms with van der Waals surface area (Å²) >= 11 is 0. The first-order valence-electron chi connectivity index (χ1n) is 8.27. The Kier molecular flexibility index (Phi) is 7.10. The van der Waals surface area contributed by atoms with Crippen molar-refractivity contribution in [2.24, 2.45) is 5.92 Å². The topological polar surface area (TPSA) is 59.6 Å². The summed E-state index contributed by atoms with van der Waals surface area (Å²) in [7, 11) is 0. The molecule has 2 N–H and O–H groups in total. The van der Waals surface area contributed by atoms with Crippen molar-refractivity contribution in [1.29, 1.82) is 0 Å². The van der Waals surface area contributed by atoms with E-state index in [0.29, 0.717) is 6.61 Å². The molecule has 1 saturated heterocycles. The lowest BCUT2D eigenvalue weighted by Gasteiger charge is -2.11. The standard InChI is InChI=1S/C19H22N2O3.ClH/c1-2-23-16-7-9-18(10-8-16)24-17-5-3-15(4-6-17)21-19(22)14-11-12-20-13-14;/h3-10,14,20H,2,11-13H2,1H3,(H,21,22);1H. The van der Waals surface area contributed by atoms with Crippen molar-refractivity contribution in [2.75, 3.05) is 25.0 Å². The van der Waals surface area contributed by atoms with Crippen molar-refractivity contribution in [3.05, 3.63) is 48.5 Å². The van der Waals surface area contributed by atoms with Gasteiger partial charge >= 0.3 is 0 Å². The zero-order chi connectivity index (χ0) is 16.8. The summed E-state index contributed by atoms with van der Waals surface area (Å²) in [6, 6.07) is 14.9. The number of carbonyl (C=O) groups excluding carboxylic acids is 1. The molecule has 25 heavy (non-hydrogen) atoms. The molecule has 134 valence electrons. The Morgan fingerprint density at radius 3 is 2.24 bits per heavy atom. The van der Waals surface area contributed by atoms with E-state index in [0.717, 1.165) is 42.4 Å². The molecule has 2 aromatic carbocycles. The number of anilines is 1. The van der Waals surface area contributed by atoms with Gasteiger partial charge in [-0.2, -0.15) is 0 Å². The summed E-state index contributed by atoms with van der Waals surface area (Å²) in [4.78, 5) is 12.1. The van der Waals surface area contributed by atoms with E-state index in [-0.39, 0.29) is 24.2 Å². The molecule has 0 aromatic heterocycles. The van der Waals surface area contributed by atoms with E-state index in [2.05, 4.69) is 10.6 Å². The Hall–Kier alpha value is -2.24. The number of halogens is 1. The summed E-state index contributed by atoms with van der Waals surface area (Å²) in [5.41, 5.74) is 0.783. The number of amides is 1. The summed E-state index contributed by atoms with van der Waals surface area (Å²) in [6.07, 6.45) is 0.894. The summed E-state index contributed by atoms with van der Waals surface area (Å²) in [5, 5.41) is 6.14. The minimum absolute atomic E-state index is 0. The molecular formula is C19H23ClN2O3. The fourth-order valence-corrected chi connectivity index (χ4v) is 2.64. The predicted molar refractivity (Wildman–Crippen MR) is 101 cm³/mol. The third-order valence-corrected chi connectivity index (χ3v) is 3.92. The van der Waals surface area contributed by atoms with Gasteiger partial charge in [0.1, 0.15) is 17.2 Å². The Bertz CT molecular complexity index is 668. The van der Waals surface area contributed by atoms with Gasteiger partial charge in [0.05, 0.1) is 12.5 Å². The highest BCUT2D eigenvalue weighted by Crippen LogP contribution is 2.25. The minimum Gasteiger partial charge on any atom is -0.494 e. The molecule has 0 spiro atoms. The van der Waals surface area contributed by atoms with Gasteiger partial charge in [-0.1, -0.05) is 0 Å². The molecule has 0 aliphatic carbocycles. The van der Waals surface area contributed by atoms with Gasteiger partial charge in [-0.25, -0.2) is 0 Å². The van der Waals surface area contributed by atoms with E-state index in [4.69, 9.17) is 9.47 Å². The number of hydrogen-bond acceptors (Lipinski definition) is 4. The molecule has 0 saturated carbocycles. The molecule has 1 fully saturated rings. The molecule has 3 rings (SSSR count). The highest BCUT2D eigenvalue weighted by molar-refractivity contribution is 5.92. The lowest BCUT2D eigenvalue weighted by atomic mass is 10.1. The van der Waals surface area contributed by atoms with E-state index in [9.17, 15) is 4.79 Å². The van der Waals surface area contributed by atoms with Crippen LogP contribution in [0.5, 0.6) is 17.2 Å². The quantitative estimate of drug-likeness (QED) is 0.819. The molecule has 1 atom stereocenters. The van der Waals surface area contributed by atoms with Gasteiger partial charge in [0.25, 0.3) is 0 Å². The smallest absolute Gasteiger partial charge is 0.228 e. The molecule has 5 nitrogen and oxygen atoms in total. The van der Waals surface area contributed by atoms with Gasteiger partial charge in [0.15, 0.2) is 0 Å². The van der Waals surface area contributed by atoms with Gasteiger partial charge < -0.3 is 20.1 Å². The molecule has 2 aromatic rings. The first kappa shape index (κ1) is 19.1. The van der Waals surface area contributed by atoms with Crippen molar-refractivity contribution < 1.29 is 14.3 Å². The zero-order valence-corrected chi connectivity index (χ0v) is 15.0. The third kappa shape index (κ3) is 5.37. The highest BCUT2D eigenvalue weighted by Gasteiger charge is 2.22. The van der Waals surface area contributed by atoms with E-state index in [1.165, 1.54) is 0 Å². The Morgan fingerprint density at radius 2 is 1.68 bits per heavy atom. The normalized spacial score (nSPS) is 16.0. The monoisotopic (exact) mass is 362 g/mol. The van der Waals surface area contributed by atoms with Crippen molar-refractivity contribution >= 4 is 24.0 Å². The van der Waals surface area contributed by atoms with Crippen LogP contribution in [0.3, 0.4) is 0 Å². The minimum atomic E-state index is 0. The lowest BCUT2D eigenvalue weighted by Crippen LogP contribution is -2.24. The van der Waals surface area contributed by atoms with E-state index >= 15 is 0 Å². The number of nitrogens with one attached hydrogen (secondary N) is 2. The van der Waals surface area contributed by atoms with Crippen molar-refractivity contribution in [3.8, 4) is 17.2 Å². The summed E-state index contributed by atoms with van der Waals surface area (Å²) in [5.74, 6) is 2.42. The maximum absolute atomic E-state index is 12.1. The number of hydrogen-bond donors (Lipinski definition) is 2. The van der Waals surface area contributed by atoms with Crippen molar-refractivity contribution in [3.63, 3.8) is 0 Å². The largest absolute Gasteiger partial charge is 0.494 e. The highest BCUT2D eigenvalue weighted by atomic mass is 35.5. The molecule has 0 bridgehead atoms. The van der Waals surface area contributed by atoms with Crippen LogP contribution in [0, 0.1) is 5.92 Å². The third-order valence-electron chi connectivity index (χ3n) is 3.92. The Labute approximate surface area is 154 Å². The molecule has 6 heteroatoms. The molecule has 0 radical (unpaired) electrons. The fourth-order valence-electron chi connectivity index (χ4n) is 2.64. The second-order valence-electron chi connectivity index (χ2n) is 5.71. The molecule has 1 unspecified atom stereocenters. The van der Waals surface area contributed by atoms with E-state index in [1.54, 1.807) is 0 Å². The molecule has 1 aliphatic rings. The van der Waals surface area contributed by atoms with Crippen LogP contribution in [0.4, 0.5) is 5.69 Å². The second kappa shape index (κ2) is 9.30. The van der Waals surface area contributed by atoms with Crippen LogP contribution in [-0.4, -0.2) is 25.6 Å². The van der Waals surface area contributed by atoms with Crippen LogP contribution in [0.1, 0.15) is 13.3 Å². The number of carbonyl (C=O) groups is 1. The van der Waals surface area contributed by atoms with E-state index < -0.39 is 0 Å². The molecule has 1 aliphatic heterocycles. The average molecular weight is 363 g/mol. The first-order valence-corrected chi connectivity index (χ1v) is 8.27. The maximum Gasteiger partial charge on any atom is 0.228 e. The van der Waals surface area contributed by atoms with Gasteiger partial charge in [-0.05, 0) is 68.4 Å². The molecule has 1 amide bonds. The Morgan fingerprint density at radius 1 is 1.08 bits per heavy atom. The van der Waals surface area contributed by atoms with Gasteiger partial charge in [-0.3, -0.25) is 4.79 Å². The summed E-state index contributed by atoms with van der Waals surface area (Å²) < 4.78 is 11.2. The van der Waals surface area contributed by atoms with Crippen molar-refractivity contribution in [2.45, 2.75) is 13.3 Å². The SMILES string of the molecule is CCOc1ccc(Oc2ccc(NC(=O)C3CCNC3)cc2)cc1.Cl.